The monoisotopic (exact) mass is 461 g/mol. The number of halogens is 1. The Bertz CT molecular complexity index is 1050. The fourth-order valence-corrected chi connectivity index (χ4v) is 6.10. The van der Waals surface area contributed by atoms with Crippen molar-refractivity contribution in [3.63, 3.8) is 0 Å². The van der Waals surface area contributed by atoms with Crippen molar-refractivity contribution in [3.05, 3.63) is 58.6 Å². The van der Waals surface area contributed by atoms with Gasteiger partial charge in [-0.1, -0.05) is 42.3 Å². The van der Waals surface area contributed by atoms with Crippen molar-refractivity contribution in [3.8, 4) is 0 Å². The quantitative estimate of drug-likeness (QED) is 0.678. The Kier molecular flexibility index (Phi) is 6.96. The van der Waals surface area contributed by atoms with Gasteiger partial charge in [0.15, 0.2) is 0 Å². The van der Waals surface area contributed by atoms with Crippen molar-refractivity contribution in [1.29, 1.82) is 0 Å². The summed E-state index contributed by atoms with van der Waals surface area (Å²) >= 11 is 6.25. The third-order valence-corrected chi connectivity index (χ3v) is 8.27. The van der Waals surface area contributed by atoms with Crippen molar-refractivity contribution < 1.29 is 13.2 Å². The number of amides is 1. The molecule has 2 aliphatic rings. The van der Waals surface area contributed by atoms with E-state index in [9.17, 15) is 13.2 Å². The molecule has 1 aliphatic carbocycles. The van der Waals surface area contributed by atoms with E-state index in [0.717, 1.165) is 38.5 Å². The highest BCUT2D eigenvalue weighted by Gasteiger charge is 2.27. The summed E-state index contributed by atoms with van der Waals surface area (Å²) in [6, 6.07) is 12.9. The van der Waals surface area contributed by atoms with Crippen LogP contribution in [0.4, 0.5) is 5.69 Å². The molecule has 166 valence electrons. The molecule has 6 nitrogen and oxygen atoms in total. The molecule has 0 saturated carbocycles. The predicted molar refractivity (Wildman–Crippen MR) is 123 cm³/mol. The molecule has 31 heavy (non-hydrogen) atoms. The number of anilines is 1. The smallest absolute Gasteiger partial charge is 0.243 e. The third-order valence-electron chi connectivity index (χ3n) is 6.04. The lowest BCUT2D eigenvalue weighted by atomic mass is 9.88. The van der Waals surface area contributed by atoms with Crippen molar-refractivity contribution in [2.75, 3.05) is 25.0 Å². The molecule has 2 aromatic carbocycles. The summed E-state index contributed by atoms with van der Waals surface area (Å²) in [6.45, 7) is 1.18. The summed E-state index contributed by atoms with van der Waals surface area (Å²) in [6.07, 6.45) is 5.91. The van der Waals surface area contributed by atoms with E-state index in [-0.39, 0.29) is 23.4 Å². The zero-order valence-corrected chi connectivity index (χ0v) is 19.0. The van der Waals surface area contributed by atoms with E-state index in [0.29, 0.717) is 23.8 Å². The van der Waals surface area contributed by atoms with Gasteiger partial charge in [-0.3, -0.25) is 4.79 Å². The summed E-state index contributed by atoms with van der Waals surface area (Å²) in [5.41, 5.74) is 2.88. The molecule has 1 amide bonds. The van der Waals surface area contributed by atoms with Gasteiger partial charge in [0.05, 0.1) is 22.2 Å². The Balaban J connectivity index is 1.42. The number of aryl methyl sites for hydroxylation is 1. The lowest BCUT2D eigenvalue weighted by molar-refractivity contribution is -0.115. The van der Waals surface area contributed by atoms with E-state index in [2.05, 4.69) is 22.8 Å². The SMILES string of the molecule is O=C(CN[C@@H]1CCCc2ccccc21)Nc1cc(S(=O)(=O)N2CCCCC2)ccc1Cl. The first kappa shape index (κ1) is 22.3. The normalized spacial score (nSPS) is 19.6. The van der Waals surface area contributed by atoms with Gasteiger partial charge in [-0.2, -0.15) is 4.31 Å². The minimum Gasteiger partial charge on any atom is -0.324 e. The Morgan fingerprint density at radius 2 is 1.84 bits per heavy atom. The summed E-state index contributed by atoms with van der Waals surface area (Å²) < 4.78 is 27.4. The average molecular weight is 462 g/mol. The van der Waals surface area contributed by atoms with Gasteiger partial charge in [0.1, 0.15) is 0 Å². The van der Waals surface area contributed by atoms with Crippen molar-refractivity contribution in [1.82, 2.24) is 9.62 Å². The van der Waals surface area contributed by atoms with Gasteiger partial charge < -0.3 is 10.6 Å². The number of sulfonamides is 1. The number of carbonyl (C=O) groups excluding carboxylic acids is 1. The van der Waals surface area contributed by atoms with Gasteiger partial charge in [-0.15, -0.1) is 0 Å². The molecule has 0 radical (unpaired) electrons. The molecule has 0 unspecified atom stereocenters. The maximum atomic E-state index is 12.9. The molecule has 1 atom stereocenters. The molecule has 1 heterocycles. The van der Waals surface area contributed by atoms with Gasteiger partial charge in [-0.05, 0) is 61.4 Å². The molecule has 0 bridgehead atoms. The zero-order chi connectivity index (χ0) is 21.8. The number of benzene rings is 2. The van der Waals surface area contributed by atoms with Crippen LogP contribution in [0.2, 0.25) is 5.02 Å². The molecular formula is C23H28ClN3O3S. The van der Waals surface area contributed by atoms with Crippen LogP contribution < -0.4 is 10.6 Å². The van der Waals surface area contributed by atoms with Crippen LogP contribution >= 0.6 is 11.6 Å². The third kappa shape index (κ3) is 5.12. The van der Waals surface area contributed by atoms with Gasteiger partial charge in [0.25, 0.3) is 0 Å². The average Bonchev–Trinajstić information content (AvgIpc) is 2.79. The van der Waals surface area contributed by atoms with Crippen LogP contribution in [0.15, 0.2) is 47.4 Å². The van der Waals surface area contributed by atoms with Gasteiger partial charge >= 0.3 is 0 Å². The first-order chi connectivity index (χ1) is 14.9. The van der Waals surface area contributed by atoms with Crippen LogP contribution in [0.3, 0.4) is 0 Å². The number of hydrogen-bond donors (Lipinski definition) is 2. The Morgan fingerprint density at radius 3 is 2.65 bits per heavy atom. The van der Waals surface area contributed by atoms with E-state index >= 15 is 0 Å². The van der Waals surface area contributed by atoms with Crippen molar-refractivity contribution >= 4 is 33.2 Å². The van der Waals surface area contributed by atoms with Gasteiger partial charge in [-0.25, -0.2) is 8.42 Å². The number of nitrogens with zero attached hydrogens (tertiary/aromatic N) is 1. The van der Waals surface area contributed by atoms with E-state index in [1.807, 2.05) is 12.1 Å². The molecule has 8 heteroatoms. The number of nitrogens with one attached hydrogen (secondary N) is 2. The molecule has 0 aromatic heterocycles. The molecule has 0 spiro atoms. The second-order valence-corrected chi connectivity index (χ2v) is 10.5. The number of rotatable bonds is 6. The van der Waals surface area contributed by atoms with E-state index < -0.39 is 10.0 Å². The highest BCUT2D eigenvalue weighted by atomic mass is 35.5. The zero-order valence-electron chi connectivity index (χ0n) is 17.4. The van der Waals surface area contributed by atoms with Crippen LogP contribution in [0.5, 0.6) is 0 Å². The van der Waals surface area contributed by atoms with E-state index in [1.54, 1.807) is 0 Å². The minimum absolute atomic E-state index is 0.123. The molecule has 1 aliphatic heterocycles. The van der Waals surface area contributed by atoms with Crippen LogP contribution in [0.25, 0.3) is 0 Å². The lowest BCUT2D eigenvalue weighted by Crippen LogP contribution is -2.35. The highest BCUT2D eigenvalue weighted by molar-refractivity contribution is 7.89. The minimum atomic E-state index is -3.59. The summed E-state index contributed by atoms with van der Waals surface area (Å²) in [4.78, 5) is 12.7. The van der Waals surface area contributed by atoms with Crippen LogP contribution in [0.1, 0.15) is 49.3 Å². The lowest BCUT2D eigenvalue weighted by Gasteiger charge is -2.26. The molecule has 2 aromatic rings. The van der Waals surface area contributed by atoms with Crippen LogP contribution in [-0.2, 0) is 21.2 Å². The summed E-state index contributed by atoms with van der Waals surface area (Å²) in [5, 5.41) is 6.42. The fraction of sp³-hybridized carbons (Fsp3) is 0.435. The van der Waals surface area contributed by atoms with Crippen LogP contribution in [-0.4, -0.2) is 38.3 Å². The molecule has 1 saturated heterocycles. The fourth-order valence-electron chi connectivity index (χ4n) is 4.39. The largest absolute Gasteiger partial charge is 0.324 e. The predicted octanol–water partition coefficient (Wildman–Crippen LogP) is 4.12. The standard InChI is InChI=1S/C23H28ClN3O3S/c24-20-12-11-18(31(29,30)27-13-4-1-5-14-27)15-22(20)26-23(28)16-25-21-10-6-8-17-7-2-3-9-19(17)21/h2-3,7,9,11-12,15,21,25H,1,4-6,8,10,13-14,16H2,(H,26,28)/t21-/m1/s1. The Hall–Kier alpha value is -1.93. The Morgan fingerprint density at radius 1 is 1.06 bits per heavy atom. The number of piperidine rings is 1. The van der Waals surface area contributed by atoms with Gasteiger partial charge in [0, 0.05) is 19.1 Å². The van der Waals surface area contributed by atoms with Gasteiger partial charge in [0.2, 0.25) is 15.9 Å². The van der Waals surface area contributed by atoms with Crippen LogP contribution in [0, 0.1) is 0 Å². The van der Waals surface area contributed by atoms with E-state index in [4.69, 9.17) is 11.6 Å². The molecular weight excluding hydrogens is 434 g/mol. The Labute approximate surface area is 189 Å². The van der Waals surface area contributed by atoms with E-state index in [1.165, 1.54) is 33.6 Å². The second kappa shape index (κ2) is 9.69. The number of fused-ring (bicyclic) bond motifs is 1. The first-order valence-electron chi connectivity index (χ1n) is 10.9. The van der Waals surface area contributed by atoms with Crippen molar-refractivity contribution in [2.24, 2.45) is 0 Å². The maximum Gasteiger partial charge on any atom is 0.243 e. The molecule has 2 N–H and O–H groups in total. The number of carbonyl (C=O) groups is 1. The summed E-state index contributed by atoms with van der Waals surface area (Å²) in [5.74, 6) is -0.252. The second-order valence-electron chi connectivity index (χ2n) is 8.18. The number of hydrogen-bond acceptors (Lipinski definition) is 4. The molecule has 1 fully saturated rings. The topological polar surface area (TPSA) is 78.5 Å². The first-order valence-corrected chi connectivity index (χ1v) is 12.7. The highest BCUT2D eigenvalue weighted by Crippen LogP contribution is 2.30. The molecule has 4 rings (SSSR count). The van der Waals surface area contributed by atoms with Crippen molar-refractivity contribution in [2.45, 2.75) is 49.5 Å². The maximum absolute atomic E-state index is 12.9. The summed E-state index contributed by atoms with van der Waals surface area (Å²) in [7, 11) is -3.59.